The predicted molar refractivity (Wildman–Crippen MR) is 69.6 cm³/mol. The Bertz CT molecular complexity index is 271. The fourth-order valence-corrected chi connectivity index (χ4v) is 3.50. The minimum atomic E-state index is -0.265. The zero-order chi connectivity index (χ0) is 12.3. The fourth-order valence-electron chi connectivity index (χ4n) is 3.50. The molecule has 1 heterocycles. The molecule has 3 nitrogen and oxygen atoms in total. The molecule has 98 valence electrons. The third-order valence-corrected chi connectivity index (χ3v) is 4.58. The van der Waals surface area contributed by atoms with E-state index in [1.54, 1.807) is 0 Å². The van der Waals surface area contributed by atoms with Crippen molar-refractivity contribution in [3.63, 3.8) is 0 Å². The summed E-state index contributed by atoms with van der Waals surface area (Å²) in [5, 5.41) is 0. The number of hydrogen-bond acceptors (Lipinski definition) is 2. The molecule has 1 saturated carbocycles. The van der Waals surface area contributed by atoms with Crippen molar-refractivity contribution in [2.24, 2.45) is 11.1 Å². The Morgan fingerprint density at radius 1 is 1.29 bits per heavy atom. The third kappa shape index (κ3) is 2.82. The van der Waals surface area contributed by atoms with E-state index in [1.165, 1.54) is 38.5 Å². The minimum Gasteiger partial charge on any atom is -0.341 e. The van der Waals surface area contributed by atoms with Crippen molar-refractivity contribution >= 4 is 5.91 Å². The second-order valence-corrected chi connectivity index (χ2v) is 5.97. The summed E-state index contributed by atoms with van der Waals surface area (Å²) < 4.78 is 0. The number of amides is 1. The molecule has 1 unspecified atom stereocenters. The second-order valence-electron chi connectivity index (χ2n) is 5.97. The first-order valence-electron chi connectivity index (χ1n) is 7.21. The van der Waals surface area contributed by atoms with Gasteiger partial charge < -0.3 is 10.6 Å². The highest BCUT2D eigenvalue weighted by molar-refractivity contribution is 5.81. The Balaban J connectivity index is 1.90. The van der Waals surface area contributed by atoms with Crippen LogP contribution in [-0.2, 0) is 4.79 Å². The van der Waals surface area contributed by atoms with Gasteiger partial charge in [0, 0.05) is 13.1 Å². The van der Waals surface area contributed by atoms with Crippen LogP contribution in [0.4, 0.5) is 0 Å². The predicted octanol–water partition coefficient (Wildman–Crippen LogP) is 2.30. The van der Waals surface area contributed by atoms with E-state index >= 15 is 0 Å². The van der Waals surface area contributed by atoms with Crippen LogP contribution in [0, 0.1) is 5.41 Å². The molecule has 17 heavy (non-hydrogen) atoms. The van der Waals surface area contributed by atoms with Crippen molar-refractivity contribution < 1.29 is 4.79 Å². The molecule has 2 fully saturated rings. The molecule has 2 N–H and O–H groups in total. The zero-order valence-electron chi connectivity index (χ0n) is 11.1. The lowest BCUT2D eigenvalue weighted by Crippen LogP contribution is -2.43. The minimum absolute atomic E-state index is 0.189. The molecule has 1 aliphatic carbocycles. The van der Waals surface area contributed by atoms with Crippen LogP contribution < -0.4 is 5.73 Å². The normalized spacial score (nSPS) is 25.2. The number of likely N-dealkylation sites (tertiary alicyclic amines) is 1. The maximum absolute atomic E-state index is 12.2. The van der Waals surface area contributed by atoms with Gasteiger partial charge >= 0.3 is 0 Å². The standard InChI is InChI=1S/C14H26N2O/c1-2-6-12(15)13(17)16-10-9-14(11-16)7-4-3-5-8-14/h12H,2-11,15H2,1H3. The quantitative estimate of drug-likeness (QED) is 0.820. The van der Waals surface area contributed by atoms with E-state index in [0.29, 0.717) is 5.41 Å². The summed E-state index contributed by atoms with van der Waals surface area (Å²) in [5.74, 6) is 0.189. The Morgan fingerprint density at radius 2 is 2.00 bits per heavy atom. The van der Waals surface area contributed by atoms with Gasteiger partial charge in [0.05, 0.1) is 6.04 Å². The molecule has 2 rings (SSSR count). The number of carbonyl (C=O) groups is 1. The molecule has 1 atom stereocenters. The molecule has 0 aromatic carbocycles. The van der Waals surface area contributed by atoms with Crippen molar-refractivity contribution in [3.8, 4) is 0 Å². The lowest BCUT2D eigenvalue weighted by atomic mass is 9.73. The molecule has 1 amide bonds. The lowest BCUT2D eigenvalue weighted by molar-refractivity contribution is -0.132. The van der Waals surface area contributed by atoms with Gasteiger partial charge in [-0.1, -0.05) is 32.6 Å². The summed E-state index contributed by atoms with van der Waals surface area (Å²) >= 11 is 0. The van der Waals surface area contributed by atoms with E-state index in [0.717, 1.165) is 25.9 Å². The maximum atomic E-state index is 12.2. The van der Waals surface area contributed by atoms with E-state index < -0.39 is 0 Å². The topological polar surface area (TPSA) is 46.3 Å². The van der Waals surface area contributed by atoms with Crippen LogP contribution in [0.5, 0.6) is 0 Å². The molecule has 2 aliphatic rings. The lowest BCUT2D eigenvalue weighted by Gasteiger charge is -2.33. The van der Waals surface area contributed by atoms with E-state index in [1.807, 2.05) is 4.90 Å². The van der Waals surface area contributed by atoms with Crippen molar-refractivity contribution in [2.45, 2.75) is 64.3 Å². The Hall–Kier alpha value is -0.570. The van der Waals surface area contributed by atoms with Crippen LogP contribution in [-0.4, -0.2) is 29.9 Å². The third-order valence-electron chi connectivity index (χ3n) is 4.58. The molecule has 0 aromatic heterocycles. The number of nitrogens with zero attached hydrogens (tertiary/aromatic N) is 1. The van der Waals surface area contributed by atoms with Crippen LogP contribution >= 0.6 is 0 Å². The van der Waals surface area contributed by atoms with Gasteiger partial charge in [-0.3, -0.25) is 4.79 Å². The van der Waals surface area contributed by atoms with Crippen molar-refractivity contribution in [1.29, 1.82) is 0 Å². The Kier molecular flexibility index (Phi) is 4.08. The van der Waals surface area contributed by atoms with Crippen LogP contribution in [0.1, 0.15) is 58.3 Å². The highest BCUT2D eigenvalue weighted by Gasteiger charge is 2.41. The summed E-state index contributed by atoms with van der Waals surface area (Å²) in [5.41, 5.74) is 6.39. The van der Waals surface area contributed by atoms with Gasteiger partial charge in [-0.15, -0.1) is 0 Å². The Labute approximate surface area is 105 Å². The van der Waals surface area contributed by atoms with Crippen LogP contribution in [0.25, 0.3) is 0 Å². The van der Waals surface area contributed by atoms with Crippen LogP contribution in [0.15, 0.2) is 0 Å². The van der Waals surface area contributed by atoms with E-state index in [-0.39, 0.29) is 11.9 Å². The van der Waals surface area contributed by atoms with Crippen LogP contribution in [0.2, 0.25) is 0 Å². The SMILES string of the molecule is CCCC(N)C(=O)N1CCC2(CCCCC2)C1. The van der Waals surface area contributed by atoms with Crippen molar-refractivity contribution in [1.82, 2.24) is 4.90 Å². The van der Waals surface area contributed by atoms with Gasteiger partial charge in [-0.25, -0.2) is 0 Å². The zero-order valence-corrected chi connectivity index (χ0v) is 11.1. The number of carbonyl (C=O) groups excluding carboxylic acids is 1. The smallest absolute Gasteiger partial charge is 0.239 e. The second kappa shape index (κ2) is 5.38. The Morgan fingerprint density at radius 3 is 2.65 bits per heavy atom. The van der Waals surface area contributed by atoms with Gasteiger partial charge in [0.2, 0.25) is 5.91 Å². The number of hydrogen-bond donors (Lipinski definition) is 1. The van der Waals surface area contributed by atoms with Crippen molar-refractivity contribution in [2.75, 3.05) is 13.1 Å². The summed E-state index contributed by atoms with van der Waals surface area (Å²) in [6.45, 7) is 4.00. The summed E-state index contributed by atoms with van der Waals surface area (Å²) in [7, 11) is 0. The van der Waals surface area contributed by atoms with Gasteiger partial charge in [-0.05, 0) is 31.1 Å². The first-order valence-corrected chi connectivity index (χ1v) is 7.21. The molecule has 3 heteroatoms. The highest BCUT2D eigenvalue weighted by Crippen LogP contribution is 2.43. The number of nitrogens with two attached hydrogens (primary N) is 1. The van der Waals surface area contributed by atoms with Crippen LogP contribution in [0.3, 0.4) is 0 Å². The molecule has 1 saturated heterocycles. The molecule has 1 spiro atoms. The van der Waals surface area contributed by atoms with Gasteiger partial charge in [0.1, 0.15) is 0 Å². The fraction of sp³-hybridized carbons (Fsp3) is 0.929. The molecule has 0 bridgehead atoms. The molecule has 0 aromatic rings. The van der Waals surface area contributed by atoms with Crippen molar-refractivity contribution in [3.05, 3.63) is 0 Å². The van der Waals surface area contributed by atoms with Gasteiger partial charge in [0.15, 0.2) is 0 Å². The van der Waals surface area contributed by atoms with E-state index in [2.05, 4.69) is 6.92 Å². The maximum Gasteiger partial charge on any atom is 0.239 e. The van der Waals surface area contributed by atoms with E-state index in [9.17, 15) is 4.79 Å². The molecular formula is C14H26N2O. The first kappa shape index (κ1) is 12.9. The number of rotatable bonds is 3. The average molecular weight is 238 g/mol. The van der Waals surface area contributed by atoms with Gasteiger partial charge in [0.25, 0.3) is 0 Å². The monoisotopic (exact) mass is 238 g/mol. The summed E-state index contributed by atoms with van der Waals surface area (Å²) in [4.78, 5) is 14.2. The highest BCUT2D eigenvalue weighted by atomic mass is 16.2. The summed E-state index contributed by atoms with van der Waals surface area (Å²) in [6.07, 6.45) is 9.74. The largest absolute Gasteiger partial charge is 0.341 e. The van der Waals surface area contributed by atoms with Gasteiger partial charge in [-0.2, -0.15) is 0 Å². The van der Waals surface area contributed by atoms with E-state index in [4.69, 9.17) is 5.73 Å². The molecule has 1 aliphatic heterocycles. The first-order chi connectivity index (χ1) is 8.17. The molecule has 0 radical (unpaired) electrons. The summed E-state index contributed by atoms with van der Waals surface area (Å²) in [6, 6.07) is -0.265. The molecular weight excluding hydrogens is 212 g/mol. The average Bonchev–Trinajstić information content (AvgIpc) is 2.73.